The lowest BCUT2D eigenvalue weighted by Gasteiger charge is -2.34. The van der Waals surface area contributed by atoms with Crippen molar-refractivity contribution < 1.29 is 4.39 Å². The van der Waals surface area contributed by atoms with Crippen molar-refractivity contribution in [2.24, 2.45) is 0 Å². The van der Waals surface area contributed by atoms with Crippen molar-refractivity contribution in [3.63, 3.8) is 0 Å². The van der Waals surface area contributed by atoms with E-state index < -0.39 is 0 Å². The van der Waals surface area contributed by atoms with Crippen LogP contribution in [0.1, 0.15) is 51.5 Å². The van der Waals surface area contributed by atoms with E-state index in [-0.39, 0.29) is 5.82 Å². The second kappa shape index (κ2) is 7.07. The second-order valence-corrected chi connectivity index (χ2v) is 6.21. The maximum absolute atomic E-state index is 13.5. The Morgan fingerprint density at radius 2 is 1.95 bits per heavy atom. The van der Waals surface area contributed by atoms with Crippen LogP contribution in [-0.4, -0.2) is 19.1 Å². The average molecular weight is 278 g/mol. The van der Waals surface area contributed by atoms with Gasteiger partial charge in [0.1, 0.15) is 5.82 Å². The predicted molar refractivity (Wildman–Crippen MR) is 83.7 cm³/mol. The molecule has 0 spiro atoms. The first-order valence-electron chi connectivity index (χ1n) is 7.82. The summed E-state index contributed by atoms with van der Waals surface area (Å²) in [6.07, 6.45) is 6.50. The van der Waals surface area contributed by atoms with Gasteiger partial charge in [0.15, 0.2) is 0 Å². The Balaban J connectivity index is 2.15. The summed E-state index contributed by atoms with van der Waals surface area (Å²) in [5.74, 6) is -0.147. The number of anilines is 1. The number of nitrogens with zero attached hydrogens (tertiary/aromatic N) is 1. The van der Waals surface area contributed by atoms with Crippen LogP contribution < -0.4 is 10.2 Å². The van der Waals surface area contributed by atoms with E-state index in [2.05, 4.69) is 31.1 Å². The molecule has 0 aromatic heterocycles. The van der Waals surface area contributed by atoms with Gasteiger partial charge in [-0.05, 0) is 36.6 Å². The molecular formula is C17H27FN2. The zero-order valence-electron chi connectivity index (χ0n) is 13.0. The highest BCUT2D eigenvalue weighted by Crippen LogP contribution is 2.29. The summed E-state index contributed by atoms with van der Waals surface area (Å²) in [6, 6.07) is 6.19. The topological polar surface area (TPSA) is 15.3 Å². The van der Waals surface area contributed by atoms with Gasteiger partial charge in [-0.15, -0.1) is 0 Å². The highest BCUT2D eigenvalue weighted by atomic mass is 19.1. The molecule has 0 amide bonds. The standard InChI is InChI=1S/C17H27FN2/c1-13(2)19-12-14-11-15(18)9-10-17(14)20(3)16-7-5-4-6-8-16/h9-11,13,16,19H,4-8,12H2,1-3H3. The van der Waals surface area contributed by atoms with Gasteiger partial charge in [-0.1, -0.05) is 33.1 Å². The molecule has 0 saturated heterocycles. The summed E-state index contributed by atoms with van der Waals surface area (Å²) >= 11 is 0. The Labute approximate surface area is 122 Å². The number of benzene rings is 1. The lowest BCUT2D eigenvalue weighted by molar-refractivity contribution is 0.426. The fourth-order valence-corrected chi connectivity index (χ4v) is 3.02. The molecule has 0 unspecified atom stereocenters. The quantitative estimate of drug-likeness (QED) is 0.872. The maximum atomic E-state index is 13.5. The number of halogens is 1. The van der Waals surface area contributed by atoms with Gasteiger partial charge in [-0.2, -0.15) is 0 Å². The largest absolute Gasteiger partial charge is 0.371 e. The van der Waals surface area contributed by atoms with E-state index in [9.17, 15) is 4.39 Å². The first-order chi connectivity index (χ1) is 9.58. The molecule has 2 rings (SSSR count). The predicted octanol–water partition coefficient (Wildman–Crippen LogP) is 4.09. The van der Waals surface area contributed by atoms with Crippen molar-refractivity contribution in [3.8, 4) is 0 Å². The third-order valence-corrected chi connectivity index (χ3v) is 4.24. The molecular weight excluding hydrogens is 251 g/mol. The van der Waals surface area contributed by atoms with Crippen LogP contribution in [0, 0.1) is 5.82 Å². The minimum absolute atomic E-state index is 0.147. The summed E-state index contributed by atoms with van der Waals surface area (Å²) in [5.41, 5.74) is 2.23. The zero-order chi connectivity index (χ0) is 14.5. The van der Waals surface area contributed by atoms with E-state index in [1.807, 2.05) is 6.07 Å². The van der Waals surface area contributed by atoms with E-state index in [1.54, 1.807) is 12.1 Å². The fourth-order valence-electron chi connectivity index (χ4n) is 3.02. The van der Waals surface area contributed by atoms with Crippen LogP contribution in [0.4, 0.5) is 10.1 Å². The summed E-state index contributed by atoms with van der Waals surface area (Å²) in [5, 5.41) is 3.39. The van der Waals surface area contributed by atoms with Crippen LogP contribution in [0.3, 0.4) is 0 Å². The molecule has 1 aliphatic carbocycles. The number of rotatable bonds is 5. The first kappa shape index (κ1) is 15.3. The van der Waals surface area contributed by atoms with Gasteiger partial charge in [0.25, 0.3) is 0 Å². The first-order valence-corrected chi connectivity index (χ1v) is 7.82. The molecule has 0 radical (unpaired) electrons. The SMILES string of the molecule is CC(C)NCc1cc(F)ccc1N(C)C1CCCCC1. The van der Waals surface area contributed by atoms with Gasteiger partial charge in [-0.25, -0.2) is 4.39 Å². The van der Waals surface area contributed by atoms with Crippen LogP contribution in [0.15, 0.2) is 18.2 Å². The lowest BCUT2D eigenvalue weighted by atomic mass is 9.93. The van der Waals surface area contributed by atoms with Crippen molar-refractivity contribution in [3.05, 3.63) is 29.6 Å². The normalized spacial score (nSPS) is 16.6. The zero-order valence-corrected chi connectivity index (χ0v) is 13.0. The van der Waals surface area contributed by atoms with E-state index in [0.717, 1.165) is 12.1 Å². The maximum Gasteiger partial charge on any atom is 0.123 e. The summed E-state index contributed by atoms with van der Waals surface area (Å²) in [4.78, 5) is 2.36. The summed E-state index contributed by atoms with van der Waals surface area (Å²) in [6.45, 7) is 4.95. The number of nitrogens with one attached hydrogen (secondary N) is 1. The van der Waals surface area contributed by atoms with Crippen LogP contribution >= 0.6 is 0 Å². The minimum atomic E-state index is -0.147. The molecule has 1 aromatic carbocycles. The Bertz CT molecular complexity index is 425. The molecule has 1 aromatic rings. The van der Waals surface area contributed by atoms with Crippen molar-refractivity contribution >= 4 is 5.69 Å². The summed E-state index contributed by atoms with van der Waals surface area (Å²) < 4.78 is 13.5. The molecule has 0 bridgehead atoms. The number of hydrogen-bond donors (Lipinski definition) is 1. The van der Waals surface area contributed by atoms with E-state index >= 15 is 0 Å². The summed E-state index contributed by atoms with van der Waals surface area (Å²) in [7, 11) is 2.15. The van der Waals surface area contributed by atoms with Crippen molar-refractivity contribution in [1.29, 1.82) is 0 Å². The Morgan fingerprint density at radius 1 is 1.25 bits per heavy atom. The molecule has 0 aliphatic heterocycles. The van der Waals surface area contributed by atoms with Crippen LogP contribution in [0.25, 0.3) is 0 Å². The third-order valence-electron chi connectivity index (χ3n) is 4.24. The monoisotopic (exact) mass is 278 g/mol. The highest BCUT2D eigenvalue weighted by Gasteiger charge is 2.20. The average Bonchev–Trinajstić information content (AvgIpc) is 2.45. The Hall–Kier alpha value is -1.09. The molecule has 112 valence electrons. The van der Waals surface area contributed by atoms with E-state index in [4.69, 9.17) is 0 Å². The van der Waals surface area contributed by atoms with Gasteiger partial charge in [0, 0.05) is 31.4 Å². The smallest absolute Gasteiger partial charge is 0.123 e. The molecule has 2 nitrogen and oxygen atoms in total. The van der Waals surface area contributed by atoms with E-state index in [0.29, 0.717) is 12.1 Å². The van der Waals surface area contributed by atoms with Gasteiger partial charge in [0.05, 0.1) is 0 Å². The molecule has 1 fully saturated rings. The molecule has 1 N–H and O–H groups in total. The molecule has 1 saturated carbocycles. The van der Waals surface area contributed by atoms with Crippen LogP contribution in [0.2, 0.25) is 0 Å². The molecule has 0 heterocycles. The highest BCUT2D eigenvalue weighted by molar-refractivity contribution is 5.54. The second-order valence-electron chi connectivity index (χ2n) is 6.21. The van der Waals surface area contributed by atoms with Crippen LogP contribution in [0.5, 0.6) is 0 Å². The van der Waals surface area contributed by atoms with Crippen molar-refractivity contribution in [2.75, 3.05) is 11.9 Å². The fraction of sp³-hybridized carbons (Fsp3) is 0.647. The molecule has 0 atom stereocenters. The Kier molecular flexibility index (Phi) is 5.41. The molecule has 20 heavy (non-hydrogen) atoms. The molecule has 1 aliphatic rings. The van der Waals surface area contributed by atoms with Gasteiger partial charge in [0.2, 0.25) is 0 Å². The lowest BCUT2D eigenvalue weighted by Crippen LogP contribution is -2.34. The minimum Gasteiger partial charge on any atom is -0.371 e. The van der Waals surface area contributed by atoms with Crippen molar-refractivity contribution in [1.82, 2.24) is 5.32 Å². The van der Waals surface area contributed by atoms with E-state index in [1.165, 1.54) is 37.8 Å². The van der Waals surface area contributed by atoms with Gasteiger partial charge < -0.3 is 10.2 Å². The van der Waals surface area contributed by atoms with Crippen molar-refractivity contribution in [2.45, 2.75) is 64.6 Å². The Morgan fingerprint density at radius 3 is 2.60 bits per heavy atom. The van der Waals surface area contributed by atoms with Crippen LogP contribution in [-0.2, 0) is 6.54 Å². The van der Waals surface area contributed by atoms with Gasteiger partial charge in [-0.3, -0.25) is 0 Å². The van der Waals surface area contributed by atoms with Gasteiger partial charge >= 0.3 is 0 Å². The molecule has 3 heteroatoms. The third kappa shape index (κ3) is 3.95. The number of hydrogen-bond acceptors (Lipinski definition) is 2.